The molecule has 2 heterocycles. The molecule has 1 aromatic carbocycles. The summed E-state index contributed by atoms with van der Waals surface area (Å²) in [5.74, 6) is -5.18. The second-order valence-corrected chi connectivity index (χ2v) is 8.81. The SMILES string of the molecule is COc1c(N2CCC(C(N)C(C(F)F)C(F)F)C2)c(F)c(C(F)F)c2c(=O)[nH]c(=O)n(C3CC3)c12. The molecule has 194 valence electrons. The van der Waals surface area contributed by atoms with Crippen LogP contribution in [0, 0.1) is 17.7 Å². The zero-order valence-corrected chi connectivity index (χ0v) is 18.4. The van der Waals surface area contributed by atoms with E-state index in [1.54, 1.807) is 0 Å². The van der Waals surface area contributed by atoms with Crippen LogP contribution >= 0.6 is 0 Å². The Bertz CT molecular complexity index is 1220. The summed E-state index contributed by atoms with van der Waals surface area (Å²) >= 11 is 0. The summed E-state index contributed by atoms with van der Waals surface area (Å²) in [6.07, 6.45) is -9.19. The summed E-state index contributed by atoms with van der Waals surface area (Å²) in [4.78, 5) is 28.2. The Morgan fingerprint density at radius 1 is 1.06 bits per heavy atom. The van der Waals surface area contributed by atoms with Gasteiger partial charge in [-0.1, -0.05) is 0 Å². The molecular formula is C21H23F7N4O3. The number of nitrogens with two attached hydrogens (primary N) is 1. The molecule has 1 aliphatic heterocycles. The number of aromatic amines is 1. The van der Waals surface area contributed by atoms with Gasteiger partial charge in [-0.15, -0.1) is 0 Å². The standard InChI is InChI=1S/C21H23F7N4O3/c1-35-16-14-10(20(33)30-21(34)32(14)8-2-3-8)9(17(23)24)12(22)15(16)31-5-4-7(6-31)13(29)11(18(25)26)19(27)28/h7-8,11,13,17-19H,2-6,29H2,1H3,(H,30,33,34). The lowest BCUT2D eigenvalue weighted by atomic mass is 9.88. The van der Waals surface area contributed by atoms with Crippen molar-refractivity contribution in [3.8, 4) is 5.75 Å². The molecule has 0 radical (unpaired) electrons. The van der Waals surface area contributed by atoms with Crippen LogP contribution in [0.1, 0.15) is 37.3 Å². The summed E-state index contributed by atoms with van der Waals surface area (Å²) < 4.78 is 103. The molecule has 35 heavy (non-hydrogen) atoms. The number of methoxy groups -OCH3 is 1. The fraction of sp³-hybridized carbons (Fsp3) is 0.619. The highest BCUT2D eigenvalue weighted by molar-refractivity contribution is 5.94. The van der Waals surface area contributed by atoms with Gasteiger partial charge < -0.3 is 15.4 Å². The second kappa shape index (κ2) is 9.36. The van der Waals surface area contributed by atoms with E-state index in [2.05, 4.69) is 0 Å². The van der Waals surface area contributed by atoms with E-state index in [-0.39, 0.29) is 30.8 Å². The van der Waals surface area contributed by atoms with Crippen LogP contribution in [0.25, 0.3) is 10.9 Å². The molecule has 1 saturated heterocycles. The van der Waals surface area contributed by atoms with Crippen molar-refractivity contribution in [2.45, 2.75) is 50.6 Å². The molecule has 7 nitrogen and oxygen atoms in total. The van der Waals surface area contributed by atoms with Gasteiger partial charge in [0, 0.05) is 25.2 Å². The number of nitrogens with zero attached hydrogens (tertiary/aromatic N) is 2. The molecular weight excluding hydrogens is 489 g/mol. The predicted molar refractivity (Wildman–Crippen MR) is 112 cm³/mol. The third kappa shape index (κ3) is 4.25. The second-order valence-electron chi connectivity index (χ2n) is 8.81. The van der Waals surface area contributed by atoms with Crippen LogP contribution < -0.4 is 26.6 Å². The molecule has 2 unspecified atom stereocenters. The van der Waals surface area contributed by atoms with E-state index in [0.717, 1.165) is 11.7 Å². The van der Waals surface area contributed by atoms with Crippen molar-refractivity contribution in [3.05, 3.63) is 32.2 Å². The molecule has 0 spiro atoms. The first kappa shape index (κ1) is 25.3. The normalized spacial score (nSPS) is 19.7. The third-order valence-electron chi connectivity index (χ3n) is 6.73. The monoisotopic (exact) mass is 512 g/mol. The van der Waals surface area contributed by atoms with E-state index < -0.39 is 76.9 Å². The first-order chi connectivity index (χ1) is 16.5. The lowest BCUT2D eigenvalue weighted by molar-refractivity contribution is -0.0464. The Labute approximate surface area is 193 Å². The zero-order chi connectivity index (χ0) is 25.8. The van der Waals surface area contributed by atoms with Gasteiger partial charge in [0.2, 0.25) is 12.9 Å². The van der Waals surface area contributed by atoms with Gasteiger partial charge in [0.15, 0.2) is 11.6 Å². The smallest absolute Gasteiger partial charge is 0.329 e. The number of aromatic nitrogens is 2. The minimum atomic E-state index is -3.45. The number of fused-ring (bicyclic) bond motifs is 1. The maximum Gasteiger partial charge on any atom is 0.329 e. The summed E-state index contributed by atoms with van der Waals surface area (Å²) in [5.41, 5.74) is 1.60. The van der Waals surface area contributed by atoms with E-state index in [1.165, 1.54) is 4.90 Å². The number of halogens is 7. The average molecular weight is 512 g/mol. The minimum Gasteiger partial charge on any atom is -0.492 e. The summed E-state index contributed by atoms with van der Waals surface area (Å²) in [6, 6.07) is -2.06. The van der Waals surface area contributed by atoms with E-state index in [9.17, 15) is 35.9 Å². The summed E-state index contributed by atoms with van der Waals surface area (Å²) in [7, 11) is 1.10. The van der Waals surface area contributed by atoms with Crippen molar-refractivity contribution in [2.75, 3.05) is 25.1 Å². The molecule has 1 saturated carbocycles. The molecule has 2 fully saturated rings. The predicted octanol–water partition coefficient (Wildman–Crippen LogP) is 3.41. The lowest BCUT2D eigenvalue weighted by Gasteiger charge is -2.29. The molecule has 2 atom stereocenters. The first-order valence-corrected chi connectivity index (χ1v) is 10.9. The Hall–Kier alpha value is -2.77. The fourth-order valence-corrected chi connectivity index (χ4v) is 4.90. The van der Waals surface area contributed by atoms with Crippen molar-refractivity contribution < 1.29 is 35.5 Å². The number of hydrogen-bond donors (Lipinski definition) is 2. The van der Waals surface area contributed by atoms with Crippen LogP contribution in [-0.2, 0) is 0 Å². The van der Waals surface area contributed by atoms with E-state index in [0.29, 0.717) is 12.8 Å². The lowest BCUT2D eigenvalue weighted by Crippen LogP contribution is -2.45. The van der Waals surface area contributed by atoms with Gasteiger partial charge in [0.25, 0.3) is 12.0 Å². The van der Waals surface area contributed by atoms with E-state index >= 15 is 4.39 Å². The highest BCUT2D eigenvalue weighted by atomic mass is 19.3. The quantitative estimate of drug-likeness (QED) is 0.529. The van der Waals surface area contributed by atoms with Crippen LogP contribution in [-0.4, -0.2) is 48.6 Å². The molecule has 1 aliphatic carbocycles. The van der Waals surface area contributed by atoms with Crippen LogP contribution in [0.5, 0.6) is 5.75 Å². The third-order valence-corrected chi connectivity index (χ3v) is 6.73. The summed E-state index contributed by atoms with van der Waals surface area (Å²) in [5, 5.41) is -0.729. The van der Waals surface area contributed by atoms with Gasteiger partial charge in [-0.3, -0.25) is 14.3 Å². The van der Waals surface area contributed by atoms with Crippen LogP contribution in [0.4, 0.5) is 36.4 Å². The molecule has 0 amide bonds. The molecule has 1 aromatic heterocycles. The van der Waals surface area contributed by atoms with Crippen LogP contribution in [0.15, 0.2) is 9.59 Å². The van der Waals surface area contributed by atoms with Gasteiger partial charge in [-0.2, -0.15) is 0 Å². The molecule has 2 aliphatic rings. The van der Waals surface area contributed by atoms with Crippen LogP contribution in [0.3, 0.4) is 0 Å². The average Bonchev–Trinajstić information content (AvgIpc) is 3.47. The molecule has 3 N–H and O–H groups in total. The number of ether oxygens (including phenoxy) is 1. The number of alkyl halides is 6. The Morgan fingerprint density at radius 2 is 1.69 bits per heavy atom. The van der Waals surface area contributed by atoms with Gasteiger partial charge in [0.05, 0.1) is 24.0 Å². The van der Waals surface area contributed by atoms with Crippen molar-refractivity contribution in [1.29, 1.82) is 0 Å². The minimum absolute atomic E-state index is 0.00650. The molecule has 4 rings (SSSR count). The number of H-pyrrole nitrogens is 1. The molecule has 2 aromatic rings. The Kier molecular flexibility index (Phi) is 6.77. The number of nitrogens with one attached hydrogen (secondary N) is 1. The molecule has 0 bridgehead atoms. The Balaban J connectivity index is 1.89. The summed E-state index contributed by atoms with van der Waals surface area (Å²) in [6.45, 7) is -0.384. The number of hydrogen-bond acceptors (Lipinski definition) is 5. The van der Waals surface area contributed by atoms with Crippen molar-refractivity contribution >= 4 is 16.6 Å². The number of anilines is 1. The van der Waals surface area contributed by atoms with Gasteiger partial charge in [0.1, 0.15) is 11.2 Å². The fourth-order valence-electron chi connectivity index (χ4n) is 4.90. The van der Waals surface area contributed by atoms with Gasteiger partial charge >= 0.3 is 5.69 Å². The maximum absolute atomic E-state index is 15.6. The largest absolute Gasteiger partial charge is 0.492 e. The van der Waals surface area contributed by atoms with Crippen molar-refractivity contribution in [1.82, 2.24) is 9.55 Å². The van der Waals surface area contributed by atoms with Crippen molar-refractivity contribution in [3.63, 3.8) is 0 Å². The van der Waals surface area contributed by atoms with Gasteiger partial charge in [-0.05, 0) is 25.2 Å². The number of rotatable bonds is 8. The zero-order valence-electron chi connectivity index (χ0n) is 18.4. The molecule has 14 heteroatoms. The maximum atomic E-state index is 15.6. The highest BCUT2D eigenvalue weighted by Crippen LogP contribution is 2.47. The van der Waals surface area contributed by atoms with E-state index in [4.69, 9.17) is 10.5 Å². The highest BCUT2D eigenvalue weighted by Gasteiger charge is 2.43. The number of benzene rings is 1. The topological polar surface area (TPSA) is 93.3 Å². The van der Waals surface area contributed by atoms with Crippen molar-refractivity contribution in [2.24, 2.45) is 17.6 Å². The first-order valence-electron chi connectivity index (χ1n) is 10.9. The van der Waals surface area contributed by atoms with Gasteiger partial charge in [-0.25, -0.2) is 35.5 Å². The van der Waals surface area contributed by atoms with E-state index in [1.807, 2.05) is 4.98 Å². The Morgan fingerprint density at radius 3 is 2.20 bits per heavy atom. The van der Waals surface area contributed by atoms with Crippen LogP contribution in [0.2, 0.25) is 0 Å².